The Kier molecular flexibility index (Phi) is 3.66. The van der Waals surface area contributed by atoms with Gasteiger partial charge in [0.05, 0.1) is 0 Å². The lowest BCUT2D eigenvalue weighted by Crippen LogP contribution is -2.28. The molecule has 118 valence electrons. The van der Waals surface area contributed by atoms with Crippen LogP contribution in [0.25, 0.3) is 10.9 Å². The Balaban J connectivity index is 1.79. The Hall–Kier alpha value is -2.13. The fraction of sp³-hybridized carbons (Fsp3) is 0.350. The number of nitrogens with zero attached hydrogens (tertiary/aromatic N) is 2. The fourth-order valence-electron chi connectivity index (χ4n) is 3.85. The van der Waals surface area contributed by atoms with Gasteiger partial charge in [-0.15, -0.1) is 0 Å². The van der Waals surface area contributed by atoms with Crippen LogP contribution in [0.15, 0.2) is 42.7 Å². The van der Waals surface area contributed by atoms with E-state index in [1.54, 1.807) is 0 Å². The van der Waals surface area contributed by atoms with Gasteiger partial charge in [-0.25, -0.2) is 0 Å². The summed E-state index contributed by atoms with van der Waals surface area (Å²) in [6.45, 7) is 6.55. The van der Waals surface area contributed by atoms with Gasteiger partial charge in [-0.1, -0.05) is 17.7 Å². The van der Waals surface area contributed by atoms with Crippen LogP contribution in [0.1, 0.15) is 35.3 Å². The summed E-state index contributed by atoms with van der Waals surface area (Å²) in [5.74, 6) is 0. The Labute approximate surface area is 137 Å². The zero-order chi connectivity index (χ0) is 15.8. The summed E-state index contributed by atoms with van der Waals surface area (Å²) in [5, 5.41) is 5.04. The first-order valence-electron chi connectivity index (χ1n) is 8.48. The van der Waals surface area contributed by atoms with Crippen molar-refractivity contribution in [2.24, 2.45) is 0 Å². The zero-order valence-electron chi connectivity index (χ0n) is 13.8. The molecule has 1 aliphatic rings. The molecule has 1 unspecified atom stereocenters. The Morgan fingerprint density at radius 2 is 2.22 bits per heavy atom. The van der Waals surface area contributed by atoms with Gasteiger partial charge in [0.1, 0.15) is 0 Å². The topological polar surface area (TPSA) is 29.9 Å². The van der Waals surface area contributed by atoms with E-state index in [4.69, 9.17) is 0 Å². The molecule has 0 saturated heterocycles. The predicted molar refractivity (Wildman–Crippen MR) is 94.7 cm³/mol. The van der Waals surface area contributed by atoms with Crippen LogP contribution in [-0.4, -0.2) is 16.1 Å². The summed E-state index contributed by atoms with van der Waals surface area (Å²) in [5.41, 5.74) is 7.03. The largest absolute Gasteiger partial charge is 0.344 e. The second-order valence-corrected chi connectivity index (χ2v) is 6.57. The van der Waals surface area contributed by atoms with E-state index in [-0.39, 0.29) is 0 Å². The van der Waals surface area contributed by atoms with Crippen LogP contribution in [0.4, 0.5) is 0 Å². The van der Waals surface area contributed by atoms with E-state index >= 15 is 0 Å². The molecule has 0 spiro atoms. The molecule has 0 saturated carbocycles. The number of nitrogens with one attached hydrogen (secondary N) is 1. The van der Waals surface area contributed by atoms with Crippen molar-refractivity contribution < 1.29 is 0 Å². The van der Waals surface area contributed by atoms with Crippen molar-refractivity contribution in [2.45, 2.75) is 39.3 Å². The van der Waals surface area contributed by atoms with Crippen LogP contribution in [0.2, 0.25) is 0 Å². The molecule has 23 heavy (non-hydrogen) atoms. The quantitative estimate of drug-likeness (QED) is 0.798. The number of benzene rings is 1. The van der Waals surface area contributed by atoms with Crippen LogP contribution in [0.3, 0.4) is 0 Å². The maximum atomic E-state index is 4.24. The average molecular weight is 305 g/mol. The highest BCUT2D eigenvalue weighted by atomic mass is 15.0. The third kappa shape index (κ3) is 2.55. The summed E-state index contributed by atoms with van der Waals surface area (Å²) in [7, 11) is 0. The molecule has 3 heteroatoms. The number of hydrogen-bond acceptors (Lipinski definition) is 2. The van der Waals surface area contributed by atoms with Gasteiger partial charge in [0.15, 0.2) is 0 Å². The van der Waals surface area contributed by atoms with E-state index in [2.05, 4.69) is 53.0 Å². The first-order valence-corrected chi connectivity index (χ1v) is 8.48. The first kappa shape index (κ1) is 14.5. The van der Waals surface area contributed by atoms with E-state index in [0.29, 0.717) is 6.04 Å². The van der Waals surface area contributed by atoms with Gasteiger partial charge in [0, 0.05) is 54.5 Å². The second kappa shape index (κ2) is 5.82. The van der Waals surface area contributed by atoms with Gasteiger partial charge in [0.25, 0.3) is 0 Å². The molecular formula is C20H23N3. The third-order valence-electron chi connectivity index (χ3n) is 4.96. The molecule has 1 aromatic carbocycles. The highest BCUT2D eigenvalue weighted by Crippen LogP contribution is 2.34. The third-order valence-corrected chi connectivity index (χ3v) is 4.96. The second-order valence-electron chi connectivity index (χ2n) is 6.57. The molecule has 0 amide bonds. The molecule has 3 aromatic rings. The number of pyridine rings is 1. The summed E-state index contributed by atoms with van der Waals surface area (Å²) < 4.78 is 2.54. The van der Waals surface area contributed by atoms with Crippen molar-refractivity contribution in [2.75, 3.05) is 6.54 Å². The molecule has 0 radical (unpaired) electrons. The summed E-state index contributed by atoms with van der Waals surface area (Å²) in [6, 6.07) is 11.5. The molecule has 1 aliphatic heterocycles. The maximum Gasteiger partial charge on any atom is 0.0486 e. The van der Waals surface area contributed by atoms with E-state index in [0.717, 1.165) is 25.9 Å². The maximum absolute atomic E-state index is 4.24. The van der Waals surface area contributed by atoms with Gasteiger partial charge < -0.3 is 9.88 Å². The fourth-order valence-corrected chi connectivity index (χ4v) is 3.85. The van der Waals surface area contributed by atoms with Crippen molar-refractivity contribution >= 4 is 10.9 Å². The van der Waals surface area contributed by atoms with Crippen LogP contribution >= 0.6 is 0 Å². The molecule has 0 fully saturated rings. The lowest BCUT2D eigenvalue weighted by molar-refractivity contribution is 0.521. The lowest BCUT2D eigenvalue weighted by atomic mass is 9.98. The van der Waals surface area contributed by atoms with Crippen molar-refractivity contribution in [1.29, 1.82) is 0 Å². The highest BCUT2D eigenvalue weighted by molar-refractivity contribution is 5.87. The van der Waals surface area contributed by atoms with Crippen molar-refractivity contribution in [3.05, 3.63) is 65.1 Å². The van der Waals surface area contributed by atoms with Crippen LogP contribution < -0.4 is 5.32 Å². The minimum atomic E-state index is 0.433. The molecule has 1 atom stereocenters. The van der Waals surface area contributed by atoms with Crippen molar-refractivity contribution in [1.82, 2.24) is 14.9 Å². The molecule has 4 rings (SSSR count). The van der Waals surface area contributed by atoms with E-state index in [1.807, 2.05) is 18.5 Å². The summed E-state index contributed by atoms with van der Waals surface area (Å²) in [4.78, 5) is 4.24. The molecule has 0 bridgehead atoms. The Bertz CT molecular complexity index is 833. The van der Waals surface area contributed by atoms with Gasteiger partial charge in [-0.2, -0.15) is 0 Å². The van der Waals surface area contributed by atoms with Gasteiger partial charge in [0.2, 0.25) is 0 Å². The zero-order valence-corrected chi connectivity index (χ0v) is 13.8. The highest BCUT2D eigenvalue weighted by Gasteiger charge is 2.24. The molecule has 3 nitrogen and oxygen atoms in total. The molecule has 1 N–H and O–H groups in total. The van der Waals surface area contributed by atoms with Crippen LogP contribution in [-0.2, 0) is 19.4 Å². The molecular weight excluding hydrogens is 282 g/mol. The van der Waals surface area contributed by atoms with Crippen LogP contribution in [0, 0.1) is 6.92 Å². The number of aromatic nitrogens is 2. The number of hydrogen-bond donors (Lipinski definition) is 1. The predicted octanol–water partition coefficient (Wildman–Crippen LogP) is 3.79. The smallest absolute Gasteiger partial charge is 0.0486 e. The lowest BCUT2D eigenvalue weighted by Gasteiger charge is -2.23. The number of fused-ring (bicyclic) bond motifs is 3. The van der Waals surface area contributed by atoms with Gasteiger partial charge in [-0.3, -0.25) is 4.98 Å². The minimum absolute atomic E-state index is 0.433. The van der Waals surface area contributed by atoms with Crippen molar-refractivity contribution in [3.63, 3.8) is 0 Å². The van der Waals surface area contributed by atoms with Gasteiger partial charge >= 0.3 is 0 Å². The van der Waals surface area contributed by atoms with E-state index < -0.39 is 0 Å². The van der Waals surface area contributed by atoms with Crippen molar-refractivity contribution in [3.8, 4) is 0 Å². The normalized spacial score (nSPS) is 17.4. The summed E-state index contributed by atoms with van der Waals surface area (Å²) >= 11 is 0. The number of rotatable bonds is 3. The summed E-state index contributed by atoms with van der Waals surface area (Å²) in [6.07, 6.45) is 5.96. The molecule has 0 aliphatic carbocycles. The van der Waals surface area contributed by atoms with Gasteiger partial charge in [-0.05, 0) is 49.6 Å². The standard InChI is InChI=1S/C20H23N3/c1-14-5-6-18-17(12-14)20-15(2)22-10-7-19(20)23(18)11-8-16-4-3-9-21-13-16/h3-6,9,12-13,15,22H,7-8,10-11H2,1-2H3. The molecule has 3 heterocycles. The average Bonchev–Trinajstić information content (AvgIpc) is 2.88. The SMILES string of the molecule is Cc1ccc2c(c1)c1c(n2CCc2cccnc2)CCNC1C. The van der Waals surface area contributed by atoms with E-state index in [1.165, 1.54) is 33.3 Å². The molecule has 2 aromatic heterocycles. The monoisotopic (exact) mass is 305 g/mol. The first-order chi connectivity index (χ1) is 11.2. The minimum Gasteiger partial charge on any atom is -0.344 e. The number of aryl methyl sites for hydroxylation is 3. The Morgan fingerprint density at radius 1 is 1.30 bits per heavy atom. The van der Waals surface area contributed by atoms with E-state index in [9.17, 15) is 0 Å². The van der Waals surface area contributed by atoms with Crippen LogP contribution in [0.5, 0.6) is 0 Å². The Morgan fingerprint density at radius 3 is 3.04 bits per heavy atom.